The van der Waals surface area contributed by atoms with Gasteiger partial charge in [0.25, 0.3) is 0 Å². The molecule has 5 heteroatoms. The average Bonchev–Trinajstić information content (AvgIpc) is 2.72. The molecule has 1 atom stereocenters. The highest BCUT2D eigenvalue weighted by Crippen LogP contribution is 2.22. The van der Waals surface area contributed by atoms with Crippen molar-refractivity contribution in [3.63, 3.8) is 0 Å². The number of hydrogen-bond acceptors (Lipinski definition) is 4. The zero-order valence-corrected chi connectivity index (χ0v) is 9.96. The number of para-hydroxylation sites is 1. The van der Waals surface area contributed by atoms with E-state index in [1.54, 1.807) is 17.8 Å². The maximum atomic E-state index is 9.65. The molecule has 0 saturated heterocycles. The first-order chi connectivity index (χ1) is 8.18. The zero-order valence-electron chi connectivity index (χ0n) is 9.96. The summed E-state index contributed by atoms with van der Waals surface area (Å²) >= 11 is 0. The van der Waals surface area contributed by atoms with Crippen molar-refractivity contribution in [1.29, 1.82) is 0 Å². The number of aliphatic hydroxyl groups is 1. The van der Waals surface area contributed by atoms with Crippen LogP contribution < -0.4 is 5.32 Å². The molecule has 0 saturated carbocycles. The van der Waals surface area contributed by atoms with E-state index < -0.39 is 6.10 Å². The summed E-state index contributed by atoms with van der Waals surface area (Å²) in [6, 6.07) is 7.72. The number of aryl methyl sites for hydroxylation is 1. The number of aliphatic hydroxyl groups excluding tert-OH is 1. The Kier molecular flexibility index (Phi) is 3.39. The van der Waals surface area contributed by atoms with Gasteiger partial charge < -0.3 is 10.4 Å². The molecular formula is C12H16N4O. The van der Waals surface area contributed by atoms with Crippen molar-refractivity contribution < 1.29 is 5.11 Å². The number of hydrogen-bond donors (Lipinski definition) is 2. The largest absolute Gasteiger partial charge is 0.389 e. The lowest BCUT2D eigenvalue weighted by atomic mass is 10.1. The summed E-state index contributed by atoms with van der Waals surface area (Å²) in [5.41, 5.74) is 2.82. The molecule has 0 radical (unpaired) electrons. The van der Waals surface area contributed by atoms with Gasteiger partial charge in [0.2, 0.25) is 0 Å². The van der Waals surface area contributed by atoms with Crippen LogP contribution in [0.2, 0.25) is 0 Å². The molecule has 0 aliphatic carbocycles. The van der Waals surface area contributed by atoms with E-state index in [1.165, 1.54) is 0 Å². The van der Waals surface area contributed by atoms with Crippen LogP contribution in [0.1, 0.15) is 24.3 Å². The van der Waals surface area contributed by atoms with E-state index in [1.807, 2.05) is 31.3 Å². The topological polar surface area (TPSA) is 63.0 Å². The van der Waals surface area contributed by atoms with Crippen molar-refractivity contribution in [2.45, 2.75) is 19.6 Å². The second-order valence-electron chi connectivity index (χ2n) is 3.97. The van der Waals surface area contributed by atoms with Gasteiger partial charge in [-0.3, -0.25) is 4.68 Å². The van der Waals surface area contributed by atoms with E-state index in [2.05, 4.69) is 15.6 Å². The number of aromatic nitrogens is 3. The van der Waals surface area contributed by atoms with E-state index in [0.717, 1.165) is 16.9 Å². The van der Waals surface area contributed by atoms with Gasteiger partial charge in [-0.15, -0.1) is 5.10 Å². The number of rotatable bonds is 4. The lowest BCUT2D eigenvalue weighted by Gasteiger charge is -2.13. The molecule has 0 bridgehead atoms. The van der Waals surface area contributed by atoms with Gasteiger partial charge in [0.05, 0.1) is 24.5 Å². The monoisotopic (exact) mass is 232 g/mol. The minimum Gasteiger partial charge on any atom is -0.389 e. The number of nitrogens with zero attached hydrogens (tertiary/aromatic N) is 3. The fourth-order valence-electron chi connectivity index (χ4n) is 1.68. The minimum atomic E-state index is -0.483. The first-order valence-corrected chi connectivity index (χ1v) is 5.53. The summed E-state index contributed by atoms with van der Waals surface area (Å²) in [6.45, 7) is 2.39. The maximum Gasteiger partial charge on any atom is 0.0781 e. The third kappa shape index (κ3) is 2.62. The van der Waals surface area contributed by atoms with E-state index in [9.17, 15) is 5.11 Å². The summed E-state index contributed by atoms with van der Waals surface area (Å²) < 4.78 is 1.72. The SMILES string of the molecule is CC(O)c1ccccc1NCc1cnnn1C. The fourth-order valence-corrected chi connectivity index (χ4v) is 1.68. The molecular weight excluding hydrogens is 216 g/mol. The Hall–Kier alpha value is -1.88. The first-order valence-electron chi connectivity index (χ1n) is 5.53. The molecule has 90 valence electrons. The van der Waals surface area contributed by atoms with Crippen LogP contribution in [0, 0.1) is 0 Å². The molecule has 1 aromatic heterocycles. The second kappa shape index (κ2) is 4.97. The van der Waals surface area contributed by atoms with Gasteiger partial charge >= 0.3 is 0 Å². The van der Waals surface area contributed by atoms with Crippen LogP contribution >= 0.6 is 0 Å². The molecule has 0 aliphatic heterocycles. The third-order valence-electron chi connectivity index (χ3n) is 2.68. The Morgan fingerprint density at radius 3 is 2.82 bits per heavy atom. The molecule has 2 rings (SSSR count). The van der Waals surface area contributed by atoms with Crippen molar-refractivity contribution in [3.05, 3.63) is 41.7 Å². The minimum absolute atomic E-state index is 0.483. The van der Waals surface area contributed by atoms with Crippen LogP contribution in [0.3, 0.4) is 0 Å². The molecule has 0 aliphatic rings. The summed E-state index contributed by atoms with van der Waals surface area (Å²) in [6.07, 6.45) is 1.24. The number of nitrogens with one attached hydrogen (secondary N) is 1. The van der Waals surface area contributed by atoms with Crippen LogP contribution in [0.4, 0.5) is 5.69 Å². The van der Waals surface area contributed by atoms with Crippen molar-refractivity contribution in [2.75, 3.05) is 5.32 Å². The Morgan fingerprint density at radius 2 is 2.18 bits per heavy atom. The first kappa shape index (κ1) is 11.6. The van der Waals surface area contributed by atoms with Gasteiger partial charge in [0, 0.05) is 18.3 Å². The molecule has 1 heterocycles. The lowest BCUT2D eigenvalue weighted by molar-refractivity contribution is 0.200. The number of benzene rings is 1. The van der Waals surface area contributed by atoms with Crippen LogP contribution in [0.25, 0.3) is 0 Å². The highest BCUT2D eigenvalue weighted by atomic mass is 16.3. The molecule has 1 unspecified atom stereocenters. The van der Waals surface area contributed by atoms with Crippen LogP contribution in [-0.2, 0) is 13.6 Å². The predicted octanol–water partition coefficient (Wildman–Crippen LogP) is 1.48. The number of anilines is 1. The van der Waals surface area contributed by atoms with Crippen molar-refractivity contribution in [1.82, 2.24) is 15.0 Å². The molecule has 0 amide bonds. The molecule has 0 spiro atoms. The lowest BCUT2D eigenvalue weighted by Crippen LogP contribution is -2.07. The van der Waals surface area contributed by atoms with E-state index in [4.69, 9.17) is 0 Å². The second-order valence-corrected chi connectivity index (χ2v) is 3.97. The predicted molar refractivity (Wildman–Crippen MR) is 65.4 cm³/mol. The van der Waals surface area contributed by atoms with Crippen LogP contribution in [0.15, 0.2) is 30.5 Å². The quantitative estimate of drug-likeness (QED) is 0.838. The zero-order chi connectivity index (χ0) is 12.3. The smallest absolute Gasteiger partial charge is 0.0781 e. The standard InChI is InChI=1S/C12H16N4O/c1-9(17)11-5-3-4-6-12(11)13-7-10-8-14-15-16(10)2/h3-6,8-9,13,17H,7H2,1-2H3. The molecule has 1 aromatic carbocycles. The van der Waals surface area contributed by atoms with Gasteiger partial charge in [-0.1, -0.05) is 23.4 Å². The Morgan fingerprint density at radius 1 is 1.41 bits per heavy atom. The summed E-state index contributed by atoms with van der Waals surface area (Å²) in [7, 11) is 1.85. The third-order valence-corrected chi connectivity index (χ3v) is 2.68. The highest BCUT2D eigenvalue weighted by molar-refractivity contribution is 5.52. The van der Waals surface area contributed by atoms with Crippen LogP contribution in [-0.4, -0.2) is 20.1 Å². The van der Waals surface area contributed by atoms with Crippen LogP contribution in [0.5, 0.6) is 0 Å². The van der Waals surface area contributed by atoms with Crippen molar-refractivity contribution in [3.8, 4) is 0 Å². The fraction of sp³-hybridized carbons (Fsp3) is 0.333. The Balaban J connectivity index is 2.11. The van der Waals surface area contributed by atoms with Crippen molar-refractivity contribution in [2.24, 2.45) is 7.05 Å². The van der Waals surface area contributed by atoms with E-state index in [-0.39, 0.29) is 0 Å². The highest BCUT2D eigenvalue weighted by Gasteiger charge is 2.07. The van der Waals surface area contributed by atoms with Gasteiger partial charge in [0.1, 0.15) is 0 Å². The van der Waals surface area contributed by atoms with Gasteiger partial charge in [-0.2, -0.15) is 0 Å². The summed E-state index contributed by atoms with van der Waals surface area (Å²) in [5.74, 6) is 0. The maximum absolute atomic E-state index is 9.65. The molecule has 5 nitrogen and oxygen atoms in total. The van der Waals surface area contributed by atoms with E-state index >= 15 is 0 Å². The molecule has 17 heavy (non-hydrogen) atoms. The normalized spacial score (nSPS) is 12.4. The van der Waals surface area contributed by atoms with E-state index in [0.29, 0.717) is 6.54 Å². The summed E-state index contributed by atoms with van der Waals surface area (Å²) in [5, 5.41) is 20.6. The van der Waals surface area contributed by atoms with Crippen molar-refractivity contribution >= 4 is 5.69 Å². The Bertz CT molecular complexity index is 493. The Labute approximate surface area is 100 Å². The molecule has 2 aromatic rings. The van der Waals surface area contributed by atoms with Gasteiger partial charge in [-0.25, -0.2) is 0 Å². The average molecular weight is 232 g/mol. The molecule has 2 N–H and O–H groups in total. The van der Waals surface area contributed by atoms with Gasteiger partial charge in [0.15, 0.2) is 0 Å². The summed E-state index contributed by atoms with van der Waals surface area (Å²) in [4.78, 5) is 0. The molecule has 0 fully saturated rings. The van der Waals surface area contributed by atoms with Gasteiger partial charge in [-0.05, 0) is 13.0 Å².